The minimum absolute atomic E-state index is 0.335. The van der Waals surface area contributed by atoms with Crippen molar-refractivity contribution >= 4 is 15.9 Å². The summed E-state index contributed by atoms with van der Waals surface area (Å²) in [6.07, 6.45) is 1.10. The first kappa shape index (κ1) is 17.3. The average Bonchev–Trinajstić information content (AvgIpc) is 3.09. The summed E-state index contributed by atoms with van der Waals surface area (Å²) in [4.78, 5) is 0. The quantitative estimate of drug-likeness (QED) is 0.789. The van der Waals surface area contributed by atoms with Gasteiger partial charge in [0.15, 0.2) is 11.5 Å². The summed E-state index contributed by atoms with van der Waals surface area (Å²) in [5.41, 5.74) is 2.40. The van der Waals surface area contributed by atoms with Crippen LogP contribution in [0.2, 0.25) is 0 Å². The van der Waals surface area contributed by atoms with E-state index < -0.39 is 0 Å². The molecule has 0 spiro atoms. The molecule has 2 atom stereocenters. The van der Waals surface area contributed by atoms with Crippen molar-refractivity contribution in [3.63, 3.8) is 0 Å². The van der Waals surface area contributed by atoms with E-state index in [9.17, 15) is 0 Å². The first-order valence-electron chi connectivity index (χ1n) is 8.15. The molecule has 24 heavy (non-hydrogen) atoms. The van der Waals surface area contributed by atoms with Crippen molar-refractivity contribution in [2.24, 2.45) is 0 Å². The number of ether oxygens (including phenoxy) is 2. The molecule has 1 heterocycles. The van der Waals surface area contributed by atoms with Gasteiger partial charge in [0.25, 0.3) is 0 Å². The van der Waals surface area contributed by atoms with Crippen molar-refractivity contribution < 1.29 is 9.47 Å². The highest BCUT2D eigenvalue weighted by molar-refractivity contribution is 9.10. The third kappa shape index (κ3) is 3.58. The smallest absolute Gasteiger partial charge is 0.166 e. The summed E-state index contributed by atoms with van der Waals surface area (Å²) in [6.45, 7) is 1.74. The summed E-state index contributed by atoms with van der Waals surface area (Å²) in [7, 11) is 3.34. The van der Waals surface area contributed by atoms with Crippen molar-refractivity contribution in [1.82, 2.24) is 10.6 Å². The second kappa shape index (κ2) is 8.01. The van der Waals surface area contributed by atoms with Crippen LogP contribution in [0.3, 0.4) is 0 Å². The van der Waals surface area contributed by atoms with Crippen LogP contribution in [-0.4, -0.2) is 26.8 Å². The Morgan fingerprint density at radius 3 is 2.62 bits per heavy atom. The van der Waals surface area contributed by atoms with Crippen LogP contribution in [0.4, 0.5) is 0 Å². The Kier molecular flexibility index (Phi) is 5.76. The average molecular weight is 391 g/mol. The summed E-state index contributed by atoms with van der Waals surface area (Å²) >= 11 is 3.63. The number of halogens is 1. The fraction of sp³-hybridized carbons (Fsp3) is 0.368. The molecule has 4 nitrogen and oxygen atoms in total. The predicted octanol–water partition coefficient (Wildman–Crippen LogP) is 3.66. The maximum Gasteiger partial charge on any atom is 0.166 e. The summed E-state index contributed by atoms with van der Waals surface area (Å²) in [5, 5.41) is 7.28. The van der Waals surface area contributed by atoms with Crippen molar-refractivity contribution in [3.05, 3.63) is 58.1 Å². The zero-order valence-corrected chi connectivity index (χ0v) is 15.6. The van der Waals surface area contributed by atoms with Crippen molar-refractivity contribution in [3.8, 4) is 11.5 Å². The maximum absolute atomic E-state index is 5.56. The van der Waals surface area contributed by atoms with E-state index in [0.717, 1.165) is 41.0 Å². The number of hydrogen-bond donors (Lipinski definition) is 2. The Balaban J connectivity index is 1.76. The van der Waals surface area contributed by atoms with E-state index in [4.69, 9.17) is 9.47 Å². The van der Waals surface area contributed by atoms with Gasteiger partial charge < -0.3 is 20.1 Å². The van der Waals surface area contributed by atoms with E-state index in [1.807, 2.05) is 12.1 Å². The molecule has 128 valence electrons. The third-order valence-electron chi connectivity index (χ3n) is 4.51. The Morgan fingerprint density at radius 1 is 1.12 bits per heavy atom. The van der Waals surface area contributed by atoms with Crippen LogP contribution in [-0.2, 0) is 6.54 Å². The number of rotatable bonds is 6. The van der Waals surface area contributed by atoms with Gasteiger partial charge in [-0.25, -0.2) is 0 Å². The fourth-order valence-electron chi connectivity index (χ4n) is 3.30. The lowest BCUT2D eigenvalue weighted by atomic mass is 10.0. The molecular formula is C19H23BrN2O2. The summed E-state index contributed by atoms with van der Waals surface area (Å²) < 4.78 is 12.0. The third-order valence-corrected chi connectivity index (χ3v) is 5.26. The molecule has 0 saturated carbocycles. The second-order valence-electron chi connectivity index (χ2n) is 5.88. The van der Waals surface area contributed by atoms with Gasteiger partial charge in [-0.15, -0.1) is 0 Å². The maximum atomic E-state index is 5.56. The molecule has 0 aromatic heterocycles. The zero-order chi connectivity index (χ0) is 16.9. The van der Waals surface area contributed by atoms with Gasteiger partial charge in [-0.3, -0.25) is 0 Å². The van der Waals surface area contributed by atoms with E-state index >= 15 is 0 Å². The van der Waals surface area contributed by atoms with Gasteiger partial charge in [-0.1, -0.05) is 46.3 Å². The van der Waals surface area contributed by atoms with E-state index in [1.165, 1.54) is 5.56 Å². The minimum atomic E-state index is 0.335. The van der Waals surface area contributed by atoms with Gasteiger partial charge in [0.05, 0.1) is 14.2 Å². The van der Waals surface area contributed by atoms with Gasteiger partial charge in [0.2, 0.25) is 0 Å². The first-order chi connectivity index (χ1) is 11.7. The molecule has 5 heteroatoms. The Labute approximate surface area is 151 Å². The molecule has 0 radical (unpaired) electrons. The van der Waals surface area contributed by atoms with Crippen LogP contribution in [0.15, 0.2) is 46.9 Å². The van der Waals surface area contributed by atoms with Crippen molar-refractivity contribution in [2.45, 2.75) is 25.0 Å². The molecule has 2 N–H and O–H groups in total. The number of benzene rings is 2. The van der Waals surface area contributed by atoms with Crippen LogP contribution in [0, 0.1) is 0 Å². The molecule has 0 bridgehead atoms. The molecular weight excluding hydrogens is 368 g/mol. The Hall–Kier alpha value is -1.56. The normalized spacial score (nSPS) is 20.1. The highest BCUT2D eigenvalue weighted by atomic mass is 79.9. The minimum Gasteiger partial charge on any atom is -0.493 e. The lowest BCUT2D eigenvalue weighted by Gasteiger charge is -2.23. The van der Waals surface area contributed by atoms with Gasteiger partial charge in [0, 0.05) is 28.7 Å². The lowest BCUT2D eigenvalue weighted by molar-refractivity contribution is 0.348. The molecule has 2 unspecified atom stereocenters. The summed E-state index contributed by atoms with van der Waals surface area (Å²) in [6, 6.07) is 15.2. The SMILES string of the molecule is COc1ccc(Br)c(CNC2CCNC2c2ccccc2)c1OC. The molecule has 1 fully saturated rings. The van der Waals surface area contributed by atoms with Crippen LogP contribution in [0.25, 0.3) is 0 Å². The number of nitrogens with one attached hydrogen (secondary N) is 2. The van der Waals surface area contributed by atoms with Crippen LogP contribution < -0.4 is 20.1 Å². The molecule has 2 aromatic rings. The van der Waals surface area contributed by atoms with Crippen molar-refractivity contribution in [1.29, 1.82) is 0 Å². The molecule has 1 aliphatic rings. The van der Waals surface area contributed by atoms with E-state index in [-0.39, 0.29) is 0 Å². The predicted molar refractivity (Wildman–Crippen MR) is 99.7 cm³/mol. The van der Waals surface area contributed by atoms with Gasteiger partial charge in [-0.05, 0) is 30.7 Å². The molecule has 0 amide bonds. The fourth-order valence-corrected chi connectivity index (χ4v) is 3.75. The van der Waals surface area contributed by atoms with Gasteiger partial charge >= 0.3 is 0 Å². The van der Waals surface area contributed by atoms with E-state index in [0.29, 0.717) is 12.1 Å². The van der Waals surface area contributed by atoms with E-state index in [2.05, 4.69) is 56.9 Å². The highest BCUT2D eigenvalue weighted by Gasteiger charge is 2.28. The Bertz CT molecular complexity index is 679. The van der Waals surface area contributed by atoms with E-state index in [1.54, 1.807) is 14.2 Å². The molecule has 0 aliphatic carbocycles. The zero-order valence-electron chi connectivity index (χ0n) is 14.0. The highest BCUT2D eigenvalue weighted by Crippen LogP contribution is 2.36. The second-order valence-corrected chi connectivity index (χ2v) is 6.73. The molecule has 2 aromatic carbocycles. The number of methoxy groups -OCH3 is 2. The number of hydrogen-bond acceptors (Lipinski definition) is 4. The monoisotopic (exact) mass is 390 g/mol. The molecule has 1 saturated heterocycles. The standard InChI is InChI=1S/C19H23BrN2O2/c1-23-17-9-8-15(20)14(19(17)24-2)12-22-16-10-11-21-18(16)13-6-4-3-5-7-13/h3-9,16,18,21-22H,10-12H2,1-2H3. The first-order valence-corrected chi connectivity index (χ1v) is 8.95. The molecule has 3 rings (SSSR count). The summed E-state index contributed by atoms with van der Waals surface area (Å²) in [5.74, 6) is 1.53. The lowest BCUT2D eigenvalue weighted by Crippen LogP contribution is -2.34. The largest absolute Gasteiger partial charge is 0.493 e. The Morgan fingerprint density at radius 2 is 1.92 bits per heavy atom. The topological polar surface area (TPSA) is 42.5 Å². The van der Waals surface area contributed by atoms with Gasteiger partial charge in [-0.2, -0.15) is 0 Å². The van der Waals surface area contributed by atoms with Crippen LogP contribution in [0.1, 0.15) is 23.6 Å². The van der Waals surface area contributed by atoms with Crippen LogP contribution in [0.5, 0.6) is 11.5 Å². The van der Waals surface area contributed by atoms with Crippen LogP contribution >= 0.6 is 15.9 Å². The molecule has 1 aliphatic heterocycles. The van der Waals surface area contributed by atoms with Gasteiger partial charge in [0.1, 0.15) is 0 Å². The van der Waals surface area contributed by atoms with Crippen molar-refractivity contribution in [2.75, 3.05) is 20.8 Å².